The molecular formula is C10H8BrNO2S. The van der Waals surface area contributed by atoms with Crippen molar-refractivity contribution in [2.45, 2.75) is 5.33 Å². The first kappa shape index (κ1) is 10.6. The van der Waals surface area contributed by atoms with Crippen molar-refractivity contribution in [3.8, 4) is 0 Å². The van der Waals surface area contributed by atoms with E-state index >= 15 is 0 Å². The molecule has 1 aromatic carbocycles. The van der Waals surface area contributed by atoms with E-state index < -0.39 is 0 Å². The summed E-state index contributed by atoms with van der Waals surface area (Å²) in [5.41, 5.74) is 1.99. The summed E-state index contributed by atoms with van der Waals surface area (Å²) in [6.07, 6.45) is 0. The molecule has 15 heavy (non-hydrogen) atoms. The molecule has 78 valence electrons. The average Bonchev–Trinajstić information content (AvgIpc) is 2.70. The van der Waals surface area contributed by atoms with Crippen LogP contribution in [0.3, 0.4) is 0 Å². The number of aromatic nitrogens is 1. The number of halogens is 1. The predicted octanol–water partition coefficient (Wildman–Crippen LogP) is 2.98. The number of fused-ring (bicyclic) bond motifs is 1. The third kappa shape index (κ3) is 2.03. The van der Waals surface area contributed by atoms with Gasteiger partial charge < -0.3 is 4.74 Å². The monoisotopic (exact) mass is 285 g/mol. The summed E-state index contributed by atoms with van der Waals surface area (Å²) in [6.45, 7) is 0. The summed E-state index contributed by atoms with van der Waals surface area (Å²) in [4.78, 5) is 15.5. The lowest BCUT2D eigenvalue weighted by molar-refractivity contribution is 0.0600. The molecule has 1 heterocycles. The molecule has 0 aliphatic heterocycles. The Hall–Kier alpha value is -0.940. The molecule has 5 heteroatoms. The number of hydrogen-bond donors (Lipinski definition) is 0. The molecule has 0 amide bonds. The van der Waals surface area contributed by atoms with E-state index in [1.165, 1.54) is 18.4 Å². The van der Waals surface area contributed by atoms with Crippen LogP contribution in [-0.2, 0) is 10.1 Å². The van der Waals surface area contributed by atoms with Gasteiger partial charge in [0.1, 0.15) is 0 Å². The zero-order valence-electron chi connectivity index (χ0n) is 7.99. The molecule has 0 N–H and O–H groups in total. The Bertz CT molecular complexity index is 509. The van der Waals surface area contributed by atoms with Crippen molar-refractivity contribution in [3.05, 3.63) is 28.8 Å². The molecule has 0 spiro atoms. The fraction of sp³-hybridized carbons (Fsp3) is 0.200. The van der Waals surface area contributed by atoms with Crippen molar-refractivity contribution in [2.24, 2.45) is 0 Å². The molecule has 0 aliphatic rings. The van der Waals surface area contributed by atoms with Crippen molar-refractivity contribution < 1.29 is 9.53 Å². The van der Waals surface area contributed by atoms with Gasteiger partial charge in [-0.2, -0.15) is 0 Å². The zero-order chi connectivity index (χ0) is 10.8. The summed E-state index contributed by atoms with van der Waals surface area (Å²) in [5, 5.41) is 1.19. The fourth-order valence-electron chi connectivity index (χ4n) is 1.23. The number of alkyl halides is 1. The van der Waals surface area contributed by atoms with E-state index in [9.17, 15) is 4.79 Å². The minimum atomic E-state index is -0.378. The third-order valence-electron chi connectivity index (χ3n) is 1.97. The molecule has 0 saturated carbocycles. The number of benzene rings is 1. The molecule has 2 rings (SSSR count). The van der Waals surface area contributed by atoms with Crippen LogP contribution in [0.15, 0.2) is 18.2 Å². The van der Waals surface area contributed by atoms with Gasteiger partial charge in [-0.1, -0.05) is 22.0 Å². The van der Waals surface area contributed by atoms with Gasteiger partial charge in [-0.3, -0.25) is 0 Å². The number of carbonyl (C=O) groups excluding carboxylic acids is 1. The van der Waals surface area contributed by atoms with E-state index in [0.717, 1.165) is 21.1 Å². The first-order valence-electron chi connectivity index (χ1n) is 4.28. The maximum atomic E-state index is 11.3. The van der Waals surface area contributed by atoms with Gasteiger partial charge in [-0.25, -0.2) is 9.78 Å². The number of thiazole rings is 1. The molecule has 1 aromatic heterocycles. The number of rotatable bonds is 2. The standard InChI is InChI=1S/C10H8BrNO2S/c1-14-10(13)9-12-7-4-6(5-11)2-3-8(7)15-9/h2-4H,5H2,1H3. The number of nitrogens with zero attached hydrogens (tertiary/aromatic N) is 1. The van der Waals surface area contributed by atoms with E-state index in [4.69, 9.17) is 0 Å². The Morgan fingerprint density at radius 1 is 1.60 bits per heavy atom. The van der Waals surface area contributed by atoms with E-state index in [2.05, 4.69) is 25.7 Å². The van der Waals surface area contributed by atoms with Gasteiger partial charge >= 0.3 is 5.97 Å². The van der Waals surface area contributed by atoms with Crippen molar-refractivity contribution in [2.75, 3.05) is 7.11 Å². The number of hydrogen-bond acceptors (Lipinski definition) is 4. The second-order valence-electron chi connectivity index (χ2n) is 2.95. The van der Waals surface area contributed by atoms with Crippen LogP contribution >= 0.6 is 27.3 Å². The Labute approximate surface area is 99.2 Å². The highest BCUT2D eigenvalue weighted by atomic mass is 79.9. The highest BCUT2D eigenvalue weighted by molar-refractivity contribution is 9.08. The van der Waals surface area contributed by atoms with Crippen LogP contribution in [0.4, 0.5) is 0 Å². The largest absolute Gasteiger partial charge is 0.464 e. The average molecular weight is 286 g/mol. The molecule has 0 radical (unpaired) electrons. The van der Waals surface area contributed by atoms with Gasteiger partial charge in [0.05, 0.1) is 17.3 Å². The summed E-state index contributed by atoms with van der Waals surface area (Å²) in [5.74, 6) is -0.378. The Morgan fingerprint density at radius 3 is 3.07 bits per heavy atom. The molecule has 3 nitrogen and oxygen atoms in total. The topological polar surface area (TPSA) is 39.2 Å². The third-order valence-corrected chi connectivity index (χ3v) is 3.63. The van der Waals surface area contributed by atoms with E-state index in [1.807, 2.05) is 18.2 Å². The van der Waals surface area contributed by atoms with Crippen LogP contribution in [0.5, 0.6) is 0 Å². The number of methoxy groups -OCH3 is 1. The van der Waals surface area contributed by atoms with Crippen LogP contribution in [0, 0.1) is 0 Å². The van der Waals surface area contributed by atoms with Crippen molar-refractivity contribution in [3.63, 3.8) is 0 Å². The lowest BCUT2D eigenvalue weighted by Crippen LogP contribution is -1.99. The quantitative estimate of drug-likeness (QED) is 0.629. The zero-order valence-corrected chi connectivity index (χ0v) is 10.4. The van der Waals surface area contributed by atoms with Gasteiger partial charge in [0, 0.05) is 5.33 Å². The minimum absolute atomic E-state index is 0.378. The second kappa shape index (κ2) is 4.28. The van der Waals surface area contributed by atoms with Crippen LogP contribution < -0.4 is 0 Å². The Balaban J connectivity index is 2.51. The van der Waals surface area contributed by atoms with Crippen LogP contribution in [0.2, 0.25) is 0 Å². The SMILES string of the molecule is COC(=O)c1nc2cc(CBr)ccc2s1. The maximum absolute atomic E-state index is 11.3. The van der Waals surface area contributed by atoms with E-state index in [1.54, 1.807) is 0 Å². The summed E-state index contributed by atoms with van der Waals surface area (Å²) >= 11 is 4.72. The summed E-state index contributed by atoms with van der Waals surface area (Å²) < 4.78 is 5.62. The molecule has 0 aliphatic carbocycles. The number of carbonyl (C=O) groups is 1. The lowest BCUT2D eigenvalue weighted by Gasteiger charge is -1.92. The van der Waals surface area contributed by atoms with Gasteiger partial charge in [0.25, 0.3) is 0 Å². The lowest BCUT2D eigenvalue weighted by atomic mass is 10.2. The van der Waals surface area contributed by atoms with Crippen LogP contribution in [0.25, 0.3) is 10.2 Å². The van der Waals surface area contributed by atoms with Gasteiger partial charge in [0.2, 0.25) is 5.01 Å². The number of ether oxygens (including phenoxy) is 1. The molecule has 0 unspecified atom stereocenters. The van der Waals surface area contributed by atoms with Crippen LogP contribution in [0.1, 0.15) is 15.4 Å². The molecule has 0 saturated heterocycles. The highest BCUT2D eigenvalue weighted by Crippen LogP contribution is 2.24. The Morgan fingerprint density at radius 2 is 2.40 bits per heavy atom. The first-order chi connectivity index (χ1) is 7.24. The van der Waals surface area contributed by atoms with Crippen molar-refractivity contribution >= 4 is 43.5 Å². The molecule has 0 bridgehead atoms. The van der Waals surface area contributed by atoms with E-state index in [0.29, 0.717) is 5.01 Å². The fourth-order valence-corrected chi connectivity index (χ4v) is 2.44. The van der Waals surface area contributed by atoms with Gasteiger partial charge in [-0.15, -0.1) is 11.3 Å². The Kier molecular flexibility index (Phi) is 3.02. The van der Waals surface area contributed by atoms with Gasteiger partial charge in [-0.05, 0) is 17.7 Å². The predicted molar refractivity (Wildman–Crippen MR) is 63.6 cm³/mol. The normalized spacial score (nSPS) is 10.5. The summed E-state index contributed by atoms with van der Waals surface area (Å²) in [6, 6.07) is 5.94. The van der Waals surface area contributed by atoms with Crippen LogP contribution in [-0.4, -0.2) is 18.1 Å². The minimum Gasteiger partial charge on any atom is -0.464 e. The molecule has 2 aromatic rings. The van der Waals surface area contributed by atoms with E-state index in [-0.39, 0.29) is 5.97 Å². The molecular weight excluding hydrogens is 278 g/mol. The van der Waals surface area contributed by atoms with Gasteiger partial charge in [0.15, 0.2) is 0 Å². The second-order valence-corrected chi connectivity index (χ2v) is 4.54. The number of esters is 1. The maximum Gasteiger partial charge on any atom is 0.367 e. The molecule has 0 atom stereocenters. The van der Waals surface area contributed by atoms with Crippen molar-refractivity contribution in [1.29, 1.82) is 0 Å². The smallest absolute Gasteiger partial charge is 0.367 e. The first-order valence-corrected chi connectivity index (χ1v) is 6.22. The summed E-state index contributed by atoms with van der Waals surface area (Å²) in [7, 11) is 1.36. The van der Waals surface area contributed by atoms with Crippen molar-refractivity contribution in [1.82, 2.24) is 4.98 Å². The highest BCUT2D eigenvalue weighted by Gasteiger charge is 2.12. The molecule has 0 fully saturated rings.